The van der Waals surface area contributed by atoms with Crippen LogP contribution in [0.1, 0.15) is 11.1 Å². The predicted octanol–water partition coefficient (Wildman–Crippen LogP) is 1.18. The Kier molecular flexibility index (Phi) is 3.78. The lowest BCUT2D eigenvalue weighted by atomic mass is 10.1. The van der Waals surface area contributed by atoms with Crippen LogP contribution in [-0.2, 0) is 6.42 Å². The quantitative estimate of drug-likeness (QED) is 0.877. The van der Waals surface area contributed by atoms with Crippen molar-refractivity contribution in [3.63, 3.8) is 0 Å². The first-order chi connectivity index (χ1) is 9.81. The van der Waals surface area contributed by atoms with Crippen molar-refractivity contribution in [1.82, 2.24) is 15.3 Å². The van der Waals surface area contributed by atoms with E-state index in [1.165, 1.54) is 0 Å². The maximum absolute atomic E-state index is 9.46. The lowest BCUT2D eigenvalue weighted by molar-refractivity contribution is 0.474. The maximum Gasteiger partial charge on any atom is 0.225 e. The number of aromatic hydroxyl groups is 1. The Balaban J connectivity index is 1.69. The Morgan fingerprint density at radius 1 is 1.10 bits per heavy atom. The summed E-state index contributed by atoms with van der Waals surface area (Å²) in [6.07, 6.45) is 4.47. The third kappa shape index (κ3) is 3.05. The second kappa shape index (κ2) is 5.88. The van der Waals surface area contributed by atoms with Gasteiger partial charge in [-0.25, -0.2) is 9.97 Å². The smallest absolute Gasteiger partial charge is 0.225 e. The molecule has 0 saturated carbocycles. The summed E-state index contributed by atoms with van der Waals surface area (Å²) >= 11 is 0. The Labute approximate surface area is 118 Å². The third-order valence-electron chi connectivity index (χ3n) is 3.41. The lowest BCUT2D eigenvalue weighted by Crippen LogP contribution is -2.44. The van der Waals surface area contributed by atoms with Crippen LogP contribution in [0.15, 0.2) is 36.7 Å². The van der Waals surface area contributed by atoms with Crippen molar-refractivity contribution in [2.24, 2.45) is 0 Å². The second-order valence-corrected chi connectivity index (χ2v) is 4.98. The van der Waals surface area contributed by atoms with Crippen LogP contribution >= 0.6 is 0 Å². The van der Waals surface area contributed by atoms with Gasteiger partial charge in [-0.05, 0) is 23.3 Å². The summed E-state index contributed by atoms with van der Waals surface area (Å²) < 4.78 is 0. The zero-order valence-corrected chi connectivity index (χ0v) is 11.3. The molecule has 1 aromatic carbocycles. The number of rotatable bonds is 3. The van der Waals surface area contributed by atoms with Crippen molar-refractivity contribution in [1.29, 1.82) is 0 Å². The molecule has 0 atom stereocenters. The highest BCUT2D eigenvalue weighted by atomic mass is 16.3. The summed E-state index contributed by atoms with van der Waals surface area (Å²) in [5, 5.41) is 12.8. The number of piperazine rings is 1. The molecule has 0 radical (unpaired) electrons. The van der Waals surface area contributed by atoms with Gasteiger partial charge in [0.2, 0.25) is 5.95 Å². The normalized spacial score (nSPS) is 15.3. The zero-order chi connectivity index (χ0) is 13.8. The lowest BCUT2D eigenvalue weighted by Gasteiger charge is -2.27. The molecule has 1 saturated heterocycles. The minimum atomic E-state index is 0.292. The number of hydrogen-bond donors (Lipinski definition) is 2. The van der Waals surface area contributed by atoms with Gasteiger partial charge in [-0.2, -0.15) is 0 Å². The monoisotopic (exact) mass is 270 g/mol. The first-order valence-corrected chi connectivity index (χ1v) is 6.86. The molecule has 1 aliphatic rings. The maximum atomic E-state index is 9.46. The Bertz CT molecular complexity index is 564. The van der Waals surface area contributed by atoms with Gasteiger partial charge >= 0.3 is 0 Å². The molecular weight excluding hydrogens is 252 g/mol. The molecule has 1 aliphatic heterocycles. The van der Waals surface area contributed by atoms with E-state index in [1.807, 2.05) is 24.5 Å². The fourth-order valence-electron chi connectivity index (χ4n) is 2.37. The average molecular weight is 270 g/mol. The summed E-state index contributed by atoms with van der Waals surface area (Å²) in [4.78, 5) is 11.1. The number of nitrogens with zero attached hydrogens (tertiary/aromatic N) is 3. The van der Waals surface area contributed by atoms with E-state index in [-0.39, 0.29) is 0 Å². The van der Waals surface area contributed by atoms with Gasteiger partial charge in [0.05, 0.1) is 0 Å². The van der Waals surface area contributed by atoms with Crippen LogP contribution in [0.4, 0.5) is 5.95 Å². The molecule has 104 valence electrons. The van der Waals surface area contributed by atoms with Crippen LogP contribution in [0, 0.1) is 0 Å². The highest BCUT2D eigenvalue weighted by Crippen LogP contribution is 2.15. The van der Waals surface area contributed by atoms with Crippen molar-refractivity contribution < 1.29 is 5.11 Å². The van der Waals surface area contributed by atoms with Crippen LogP contribution in [0.2, 0.25) is 0 Å². The summed E-state index contributed by atoms with van der Waals surface area (Å²) in [6.45, 7) is 3.86. The number of nitrogens with one attached hydrogen (secondary N) is 1. The SMILES string of the molecule is Oc1cccc(Cc2cnc(N3CCNCC3)nc2)c1. The fraction of sp³-hybridized carbons (Fsp3) is 0.333. The standard InChI is InChI=1S/C15H18N4O/c20-14-3-1-2-12(9-14)8-13-10-17-15(18-11-13)19-6-4-16-5-7-19/h1-3,9-11,16,20H,4-8H2. The number of aromatic nitrogens is 2. The largest absolute Gasteiger partial charge is 0.508 e. The van der Waals surface area contributed by atoms with Gasteiger partial charge < -0.3 is 15.3 Å². The average Bonchev–Trinajstić information content (AvgIpc) is 2.49. The van der Waals surface area contributed by atoms with E-state index >= 15 is 0 Å². The minimum absolute atomic E-state index is 0.292. The van der Waals surface area contributed by atoms with Crippen molar-refractivity contribution in [3.8, 4) is 5.75 Å². The second-order valence-electron chi connectivity index (χ2n) is 4.98. The molecule has 3 rings (SSSR count). The van der Waals surface area contributed by atoms with E-state index in [1.54, 1.807) is 12.1 Å². The number of anilines is 1. The fourth-order valence-corrected chi connectivity index (χ4v) is 2.37. The van der Waals surface area contributed by atoms with Gasteiger partial charge in [0.1, 0.15) is 5.75 Å². The van der Waals surface area contributed by atoms with Gasteiger partial charge in [0.25, 0.3) is 0 Å². The molecule has 0 aliphatic carbocycles. The molecule has 1 aromatic heterocycles. The van der Waals surface area contributed by atoms with Gasteiger partial charge in [-0.1, -0.05) is 12.1 Å². The Morgan fingerprint density at radius 3 is 2.55 bits per heavy atom. The number of benzene rings is 1. The van der Waals surface area contributed by atoms with E-state index in [4.69, 9.17) is 0 Å². The molecule has 5 heteroatoms. The van der Waals surface area contributed by atoms with E-state index in [9.17, 15) is 5.11 Å². The molecule has 0 amide bonds. The van der Waals surface area contributed by atoms with Gasteiger partial charge in [0, 0.05) is 45.0 Å². The summed E-state index contributed by atoms with van der Waals surface area (Å²) in [5.74, 6) is 1.09. The van der Waals surface area contributed by atoms with Crippen LogP contribution in [-0.4, -0.2) is 41.3 Å². The molecule has 2 heterocycles. The molecule has 5 nitrogen and oxygen atoms in total. The summed E-state index contributed by atoms with van der Waals surface area (Å²) in [5.41, 5.74) is 2.11. The Morgan fingerprint density at radius 2 is 1.85 bits per heavy atom. The summed E-state index contributed by atoms with van der Waals surface area (Å²) in [6, 6.07) is 7.28. The van der Waals surface area contributed by atoms with Crippen LogP contribution < -0.4 is 10.2 Å². The Hall–Kier alpha value is -2.14. The molecule has 1 fully saturated rings. The van der Waals surface area contributed by atoms with Crippen molar-refractivity contribution in [3.05, 3.63) is 47.8 Å². The van der Waals surface area contributed by atoms with Gasteiger partial charge in [-0.3, -0.25) is 0 Å². The first kappa shape index (κ1) is 12.9. The van der Waals surface area contributed by atoms with E-state index in [2.05, 4.69) is 20.2 Å². The minimum Gasteiger partial charge on any atom is -0.508 e. The molecule has 20 heavy (non-hydrogen) atoms. The molecule has 0 spiro atoms. The topological polar surface area (TPSA) is 61.3 Å². The van der Waals surface area contributed by atoms with Crippen LogP contribution in [0.25, 0.3) is 0 Å². The third-order valence-corrected chi connectivity index (χ3v) is 3.41. The molecule has 0 unspecified atom stereocenters. The first-order valence-electron chi connectivity index (χ1n) is 6.86. The number of phenols is 1. The summed E-state index contributed by atoms with van der Waals surface area (Å²) in [7, 11) is 0. The van der Waals surface area contributed by atoms with Crippen molar-refractivity contribution in [2.75, 3.05) is 31.1 Å². The highest BCUT2D eigenvalue weighted by molar-refractivity contribution is 5.34. The zero-order valence-electron chi connectivity index (χ0n) is 11.3. The van der Waals surface area contributed by atoms with Gasteiger partial charge in [0.15, 0.2) is 0 Å². The molecule has 0 bridgehead atoms. The van der Waals surface area contributed by atoms with Crippen molar-refractivity contribution in [2.45, 2.75) is 6.42 Å². The van der Waals surface area contributed by atoms with E-state index in [0.717, 1.165) is 49.7 Å². The van der Waals surface area contributed by atoms with Crippen LogP contribution in [0.5, 0.6) is 5.75 Å². The number of phenolic OH excluding ortho intramolecular Hbond substituents is 1. The highest BCUT2D eigenvalue weighted by Gasteiger charge is 2.12. The van der Waals surface area contributed by atoms with Crippen LogP contribution in [0.3, 0.4) is 0 Å². The van der Waals surface area contributed by atoms with Gasteiger partial charge in [-0.15, -0.1) is 0 Å². The van der Waals surface area contributed by atoms with Crippen molar-refractivity contribution >= 4 is 5.95 Å². The van der Waals surface area contributed by atoms with E-state index in [0.29, 0.717) is 5.75 Å². The number of hydrogen-bond acceptors (Lipinski definition) is 5. The molecule has 2 N–H and O–H groups in total. The van der Waals surface area contributed by atoms with E-state index < -0.39 is 0 Å². The molecular formula is C15H18N4O. The molecule has 2 aromatic rings. The predicted molar refractivity (Wildman–Crippen MR) is 78.0 cm³/mol.